The number of aryl methyl sites for hydroxylation is 1. The molecule has 0 bridgehead atoms. The van der Waals surface area contributed by atoms with Crippen molar-refractivity contribution in [2.75, 3.05) is 13.2 Å². The predicted octanol–water partition coefficient (Wildman–Crippen LogP) is 3.07. The minimum absolute atomic E-state index is 0.148. The van der Waals surface area contributed by atoms with Crippen LogP contribution in [0, 0.1) is 17.0 Å². The minimum Gasteiger partial charge on any atom is -0.452 e. The van der Waals surface area contributed by atoms with Crippen molar-refractivity contribution in [2.24, 2.45) is 0 Å². The molecule has 0 atom stereocenters. The van der Waals surface area contributed by atoms with Gasteiger partial charge in [0, 0.05) is 12.1 Å². The van der Waals surface area contributed by atoms with E-state index < -0.39 is 23.4 Å². The third-order valence-electron chi connectivity index (χ3n) is 4.13. The number of amides is 1. The Kier molecular flexibility index (Phi) is 6.68. The molecular formula is C18H22N2O5. The maximum Gasteiger partial charge on any atom is 0.345 e. The highest BCUT2D eigenvalue weighted by Gasteiger charge is 2.24. The first-order valence-corrected chi connectivity index (χ1v) is 8.34. The first kappa shape index (κ1) is 18.6. The van der Waals surface area contributed by atoms with E-state index in [2.05, 4.69) is 11.4 Å². The average molecular weight is 346 g/mol. The van der Waals surface area contributed by atoms with E-state index in [9.17, 15) is 19.7 Å². The quantitative estimate of drug-likeness (QED) is 0.354. The van der Waals surface area contributed by atoms with Gasteiger partial charge in [-0.15, -0.1) is 0 Å². The zero-order chi connectivity index (χ0) is 18.2. The number of esters is 1. The lowest BCUT2D eigenvalue weighted by molar-refractivity contribution is -0.385. The van der Waals surface area contributed by atoms with Crippen molar-refractivity contribution in [3.05, 3.63) is 51.1 Å². The van der Waals surface area contributed by atoms with E-state index in [0.717, 1.165) is 19.3 Å². The number of hydrogen-bond donors (Lipinski definition) is 1. The highest BCUT2D eigenvalue weighted by molar-refractivity contribution is 5.95. The van der Waals surface area contributed by atoms with Crippen molar-refractivity contribution in [2.45, 2.75) is 39.0 Å². The summed E-state index contributed by atoms with van der Waals surface area (Å²) in [6.07, 6.45) is 7.58. The zero-order valence-corrected chi connectivity index (χ0v) is 14.2. The highest BCUT2D eigenvalue weighted by atomic mass is 16.6. The zero-order valence-electron chi connectivity index (χ0n) is 14.2. The molecule has 1 aliphatic carbocycles. The molecule has 0 spiro atoms. The molecule has 1 amide bonds. The predicted molar refractivity (Wildman–Crippen MR) is 92.3 cm³/mol. The Morgan fingerprint density at radius 1 is 1.32 bits per heavy atom. The highest BCUT2D eigenvalue weighted by Crippen LogP contribution is 2.23. The van der Waals surface area contributed by atoms with Crippen LogP contribution in [-0.2, 0) is 9.53 Å². The fourth-order valence-electron chi connectivity index (χ4n) is 2.82. The topological polar surface area (TPSA) is 98.5 Å². The normalized spacial score (nSPS) is 13.7. The average Bonchev–Trinajstić information content (AvgIpc) is 2.60. The number of para-hydroxylation sites is 1. The smallest absolute Gasteiger partial charge is 0.345 e. The number of carbonyl (C=O) groups is 2. The summed E-state index contributed by atoms with van der Waals surface area (Å²) in [4.78, 5) is 34.3. The maximum absolute atomic E-state index is 12.0. The van der Waals surface area contributed by atoms with E-state index in [1.165, 1.54) is 30.5 Å². The number of hydrogen-bond acceptors (Lipinski definition) is 5. The molecule has 134 valence electrons. The molecule has 0 radical (unpaired) electrons. The summed E-state index contributed by atoms with van der Waals surface area (Å²) in [5, 5.41) is 13.8. The first-order chi connectivity index (χ1) is 12.0. The lowest BCUT2D eigenvalue weighted by Crippen LogP contribution is -2.30. The van der Waals surface area contributed by atoms with Gasteiger partial charge in [0.05, 0.1) is 4.92 Å². The SMILES string of the molecule is Cc1cccc(C(=O)OCC(=O)NCCC2=CCCCC2)c1[N+](=O)[O-]. The number of carbonyl (C=O) groups excluding carboxylic acids is 2. The lowest BCUT2D eigenvalue weighted by atomic mass is 9.97. The van der Waals surface area contributed by atoms with Gasteiger partial charge >= 0.3 is 5.97 Å². The molecule has 0 aromatic heterocycles. The van der Waals surface area contributed by atoms with E-state index in [1.807, 2.05) is 0 Å². The van der Waals surface area contributed by atoms with Crippen molar-refractivity contribution < 1.29 is 19.2 Å². The van der Waals surface area contributed by atoms with Crippen molar-refractivity contribution in [1.82, 2.24) is 5.32 Å². The van der Waals surface area contributed by atoms with Gasteiger partial charge in [-0.1, -0.05) is 23.8 Å². The molecule has 0 aliphatic heterocycles. The van der Waals surface area contributed by atoms with Crippen molar-refractivity contribution in [3.8, 4) is 0 Å². The fraction of sp³-hybridized carbons (Fsp3) is 0.444. The van der Waals surface area contributed by atoms with Gasteiger partial charge in [-0.3, -0.25) is 14.9 Å². The summed E-state index contributed by atoms with van der Waals surface area (Å²) in [7, 11) is 0. The number of nitro benzene ring substituents is 1. The van der Waals surface area contributed by atoms with E-state index in [-0.39, 0.29) is 11.3 Å². The standard InChI is InChI=1S/C18H22N2O5/c1-13-6-5-9-15(17(13)20(23)24)18(22)25-12-16(21)19-11-10-14-7-3-2-4-8-14/h5-7,9H,2-4,8,10-12H2,1H3,(H,19,21). The van der Waals surface area contributed by atoms with Crippen LogP contribution in [0.5, 0.6) is 0 Å². The molecule has 0 saturated carbocycles. The second-order valence-corrected chi connectivity index (χ2v) is 6.01. The fourth-order valence-corrected chi connectivity index (χ4v) is 2.82. The third kappa shape index (κ3) is 5.41. The number of benzene rings is 1. The Bertz CT molecular complexity index is 697. The monoisotopic (exact) mass is 346 g/mol. The van der Waals surface area contributed by atoms with Gasteiger partial charge in [-0.2, -0.15) is 0 Å². The molecule has 7 nitrogen and oxygen atoms in total. The molecule has 7 heteroatoms. The summed E-state index contributed by atoms with van der Waals surface area (Å²) < 4.78 is 4.91. The molecule has 25 heavy (non-hydrogen) atoms. The second-order valence-electron chi connectivity index (χ2n) is 6.01. The molecule has 1 aromatic rings. The Morgan fingerprint density at radius 3 is 2.80 bits per heavy atom. The van der Waals surface area contributed by atoms with Gasteiger partial charge in [0.15, 0.2) is 6.61 Å². The Balaban J connectivity index is 1.81. The van der Waals surface area contributed by atoms with Crippen LogP contribution in [0.4, 0.5) is 5.69 Å². The third-order valence-corrected chi connectivity index (χ3v) is 4.13. The molecular weight excluding hydrogens is 324 g/mol. The Labute approximate surface area is 146 Å². The van der Waals surface area contributed by atoms with Crippen LogP contribution in [0.3, 0.4) is 0 Å². The van der Waals surface area contributed by atoms with Gasteiger partial charge < -0.3 is 10.1 Å². The number of rotatable bonds is 7. The van der Waals surface area contributed by atoms with Crippen LogP contribution in [-0.4, -0.2) is 30.0 Å². The largest absolute Gasteiger partial charge is 0.452 e. The van der Waals surface area contributed by atoms with E-state index in [1.54, 1.807) is 13.0 Å². The maximum atomic E-state index is 12.0. The van der Waals surface area contributed by atoms with Gasteiger partial charge in [-0.25, -0.2) is 4.79 Å². The molecule has 2 rings (SSSR count). The summed E-state index contributed by atoms with van der Waals surface area (Å²) in [5.41, 5.74) is 1.27. The molecule has 1 N–H and O–H groups in total. The molecule has 1 aromatic carbocycles. The van der Waals surface area contributed by atoms with E-state index in [4.69, 9.17) is 4.74 Å². The molecule has 1 aliphatic rings. The molecule has 0 fully saturated rings. The number of nitrogens with zero attached hydrogens (tertiary/aromatic N) is 1. The van der Waals surface area contributed by atoms with Gasteiger partial charge in [0.25, 0.3) is 11.6 Å². The van der Waals surface area contributed by atoms with Crippen LogP contribution in [0.15, 0.2) is 29.8 Å². The van der Waals surface area contributed by atoms with Gasteiger partial charge in [0.1, 0.15) is 5.56 Å². The number of ether oxygens (including phenoxy) is 1. The summed E-state index contributed by atoms with van der Waals surface area (Å²) in [6, 6.07) is 4.40. The van der Waals surface area contributed by atoms with Crippen LogP contribution in [0.1, 0.15) is 48.0 Å². The van der Waals surface area contributed by atoms with Crippen LogP contribution >= 0.6 is 0 Å². The van der Waals surface area contributed by atoms with Crippen LogP contribution in [0.2, 0.25) is 0 Å². The Morgan fingerprint density at radius 2 is 2.12 bits per heavy atom. The lowest BCUT2D eigenvalue weighted by Gasteiger charge is -2.13. The van der Waals surface area contributed by atoms with Crippen molar-refractivity contribution in [3.63, 3.8) is 0 Å². The minimum atomic E-state index is -0.875. The van der Waals surface area contributed by atoms with E-state index >= 15 is 0 Å². The second kappa shape index (κ2) is 8.96. The van der Waals surface area contributed by atoms with Gasteiger partial charge in [-0.05, 0) is 45.1 Å². The summed E-state index contributed by atoms with van der Waals surface area (Å²) in [6.45, 7) is 1.58. The number of allylic oxidation sites excluding steroid dienone is 1. The molecule has 0 saturated heterocycles. The Hall–Kier alpha value is -2.70. The summed E-state index contributed by atoms with van der Waals surface area (Å²) >= 11 is 0. The number of nitrogens with one attached hydrogen (secondary N) is 1. The van der Waals surface area contributed by atoms with E-state index in [0.29, 0.717) is 12.1 Å². The van der Waals surface area contributed by atoms with Crippen LogP contribution in [0.25, 0.3) is 0 Å². The molecule has 0 unspecified atom stereocenters. The van der Waals surface area contributed by atoms with Gasteiger partial charge in [0.2, 0.25) is 0 Å². The van der Waals surface area contributed by atoms with Crippen molar-refractivity contribution >= 4 is 17.6 Å². The summed E-state index contributed by atoms with van der Waals surface area (Å²) in [5.74, 6) is -1.29. The first-order valence-electron chi connectivity index (χ1n) is 8.34. The number of nitro groups is 1. The van der Waals surface area contributed by atoms with Crippen LogP contribution < -0.4 is 5.32 Å². The van der Waals surface area contributed by atoms with Crippen molar-refractivity contribution in [1.29, 1.82) is 0 Å². The molecule has 0 heterocycles.